The number of nitrogens with one attached hydrogen (secondary N) is 1. The lowest BCUT2D eigenvalue weighted by Gasteiger charge is -2.15. The predicted molar refractivity (Wildman–Crippen MR) is 64.3 cm³/mol. The van der Waals surface area contributed by atoms with Crippen molar-refractivity contribution in [2.45, 2.75) is 19.4 Å². The van der Waals surface area contributed by atoms with Crippen molar-refractivity contribution in [2.24, 2.45) is 0 Å². The van der Waals surface area contributed by atoms with Crippen molar-refractivity contribution in [2.75, 3.05) is 7.05 Å². The van der Waals surface area contributed by atoms with E-state index in [1.54, 1.807) is 18.2 Å². The Morgan fingerprint density at radius 1 is 1.18 bits per heavy atom. The average molecular weight is 236 g/mol. The largest absolute Gasteiger partial charge is 0.308 e. The fraction of sp³-hybridized carbons (Fsp3) is 0.308. The molecule has 0 amide bonds. The van der Waals surface area contributed by atoms with Gasteiger partial charge in [0.05, 0.1) is 11.6 Å². The number of aromatic nitrogens is 1. The molecular formula is C13H14F2N2. The van der Waals surface area contributed by atoms with Crippen LogP contribution in [0, 0.1) is 6.92 Å². The number of rotatable bonds is 3. The number of nitrogens with zero attached hydrogens (tertiary/aromatic N) is 1. The second-order valence-corrected chi connectivity index (χ2v) is 4.01. The summed E-state index contributed by atoms with van der Waals surface area (Å²) in [6.07, 6.45) is -2.42. The Kier molecular flexibility index (Phi) is 3.33. The summed E-state index contributed by atoms with van der Waals surface area (Å²) < 4.78 is 25.5. The van der Waals surface area contributed by atoms with E-state index in [4.69, 9.17) is 0 Å². The molecule has 0 fully saturated rings. The molecule has 1 unspecified atom stereocenters. The van der Waals surface area contributed by atoms with Crippen molar-refractivity contribution >= 4 is 10.9 Å². The van der Waals surface area contributed by atoms with E-state index in [2.05, 4.69) is 10.3 Å². The summed E-state index contributed by atoms with van der Waals surface area (Å²) in [5.41, 5.74) is 2.34. The van der Waals surface area contributed by atoms with E-state index in [1.165, 1.54) is 7.05 Å². The lowest BCUT2D eigenvalue weighted by Crippen LogP contribution is -2.23. The minimum atomic E-state index is -2.42. The molecule has 0 bridgehead atoms. The number of alkyl halides is 2. The number of aryl methyl sites for hydroxylation is 1. The van der Waals surface area contributed by atoms with Gasteiger partial charge >= 0.3 is 0 Å². The Balaban J connectivity index is 2.47. The molecule has 2 aromatic rings. The maximum absolute atomic E-state index is 12.8. The van der Waals surface area contributed by atoms with Gasteiger partial charge in [-0.25, -0.2) is 8.78 Å². The molecule has 1 atom stereocenters. The molecule has 1 heterocycles. The van der Waals surface area contributed by atoms with Crippen molar-refractivity contribution in [1.82, 2.24) is 10.3 Å². The van der Waals surface area contributed by atoms with Crippen LogP contribution >= 0.6 is 0 Å². The van der Waals surface area contributed by atoms with E-state index < -0.39 is 12.5 Å². The van der Waals surface area contributed by atoms with Crippen LogP contribution in [0.5, 0.6) is 0 Å². The standard InChI is InChI=1S/C13H14F2N2/c1-8-3-4-9-7-10(5-6-11(9)17-8)12(16-2)13(14)15/h3-7,12-13,16H,1-2H3. The normalized spacial score (nSPS) is 13.2. The van der Waals surface area contributed by atoms with Crippen molar-refractivity contribution in [3.05, 3.63) is 41.6 Å². The van der Waals surface area contributed by atoms with Gasteiger partial charge in [0.25, 0.3) is 6.43 Å². The van der Waals surface area contributed by atoms with E-state index in [0.717, 1.165) is 16.6 Å². The zero-order chi connectivity index (χ0) is 12.4. The molecular weight excluding hydrogens is 222 g/mol. The fourth-order valence-electron chi connectivity index (χ4n) is 1.88. The summed E-state index contributed by atoms with van der Waals surface area (Å²) in [4.78, 5) is 4.34. The number of fused-ring (bicyclic) bond motifs is 1. The van der Waals surface area contributed by atoms with Crippen LogP contribution < -0.4 is 5.32 Å². The highest BCUT2D eigenvalue weighted by Gasteiger charge is 2.20. The molecule has 90 valence electrons. The zero-order valence-electron chi connectivity index (χ0n) is 9.74. The first-order valence-corrected chi connectivity index (χ1v) is 5.44. The number of halogens is 2. The molecule has 0 aliphatic rings. The molecule has 0 saturated heterocycles. The van der Waals surface area contributed by atoms with Crippen LogP contribution in [0.3, 0.4) is 0 Å². The van der Waals surface area contributed by atoms with Crippen LogP contribution in [-0.2, 0) is 0 Å². The molecule has 0 saturated carbocycles. The Morgan fingerprint density at radius 3 is 2.59 bits per heavy atom. The molecule has 1 aromatic heterocycles. The van der Waals surface area contributed by atoms with E-state index in [0.29, 0.717) is 5.56 Å². The summed E-state index contributed by atoms with van der Waals surface area (Å²) >= 11 is 0. The van der Waals surface area contributed by atoms with E-state index in [9.17, 15) is 8.78 Å². The van der Waals surface area contributed by atoms with Crippen molar-refractivity contribution in [3.63, 3.8) is 0 Å². The number of benzene rings is 1. The first-order valence-electron chi connectivity index (χ1n) is 5.44. The summed E-state index contributed by atoms with van der Waals surface area (Å²) in [6, 6.07) is 8.09. The van der Waals surface area contributed by atoms with Crippen LogP contribution in [0.15, 0.2) is 30.3 Å². The number of pyridine rings is 1. The van der Waals surface area contributed by atoms with E-state index in [-0.39, 0.29) is 0 Å². The summed E-state index contributed by atoms with van der Waals surface area (Å²) in [5.74, 6) is 0. The molecule has 2 nitrogen and oxygen atoms in total. The maximum atomic E-state index is 12.8. The van der Waals surface area contributed by atoms with Crippen LogP contribution in [-0.4, -0.2) is 18.5 Å². The lowest BCUT2D eigenvalue weighted by atomic mass is 10.0. The van der Waals surface area contributed by atoms with Gasteiger partial charge < -0.3 is 5.32 Å². The Hall–Kier alpha value is -1.55. The fourth-order valence-corrected chi connectivity index (χ4v) is 1.88. The van der Waals surface area contributed by atoms with Gasteiger partial charge in [-0.2, -0.15) is 0 Å². The van der Waals surface area contributed by atoms with Gasteiger partial charge in [0.15, 0.2) is 0 Å². The van der Waals surface area contributed by atoms with Crippen LogP contribution in [0.25, 0.3) is 10.9 Å². The monoisotopic (exact) mass is 236 g/mol. The van der Waals surface area contributed by atoms with Crippen molar-refractivity contribution in [1.29, 1.82) is 0 Å². The second-order valence-electron chi connectivity index (χ2n) is 4.01. The molecule has 17 heavy (non-hydrogen) atoms. The molecule has 2 rings (SSSR count). The van der Waals surface area contributed by atoms with Crippen LogP contribution in [0.2, 0.25) is 0 Å². The van der Waals surface area contributed by atoms with Gasteiger partial charge in [-0.15, -0.1) is 0 Å². The highest BCUT2D eigenvalue weighted by molar-refractivity contribution is 5.79. The van der Waals surface area contributed by atoms with Crippen LogP contribution in [0.4, 0.5) is 8.78 Å². The van der Waals surface area contributed by atoms with Gasteiger partial charge in [-0.3, -0.25) is 4.98 Å². The Morgan fingerprint density at radius 2 is 1.94 bits per heavy atom. The van der Waals surface area contributed by atoms with Gasteiger partial charge in [0.2, 0.25) is 0 Å². The molecule has 1 N–H and O–H groups in total. The minimum absolute atomic E-state index is 0.584. The topological polar surface area (TPSA) is 24.9 Å². The smallest absolute Gasteiger partial charge is 0.257 e. The average Bonchev–Trinajstić information content (AvgIpc) is 2.29. The SMILES string of the molecule is CNC(c1ccc2nc(C)ccc2c1)C(F)F. The van der Waals surface area contributed by atoms with E-state index >= 15 is 0 Å². The quantitative estimate of drug-likeness (QED) is 0.885. The minimum Gasteiger partial charge on any atom is -0.308 e. The third-order valence-electron chi connectivity index (χ3n) is 2.77. The molecule has 0 aliphatic carbocycles. The van der Waals surface area contributed by atoms with Gasteiger partial charge in [0.1, 0.15) is 0 Å². The molecule has 4 heteroatoms. The Labute approximate surface area is 98.7 Å². The van der Waals surface area contributed by atoms with Crippen LogP contribution in [0.1, 0.15) is 17.3 Å². The summed E-state index contributed by atoms with van der Waals surface area (Å²) in [6.45, 7) is 1.91. The maximum Gasteiger partial charge on any atom is 0.257 e. The predicted octanol–water partition coefficient (Wildman–Crippen LogP) is 3.07. The summed E-state index contributed by atoms with van der Waals surface area (Å²) in [5, 5.41) is 3.51. The van der Waals surface area contributed by atoms with Crippen molar-refractivity contribution < 1.29 is 8.78 Å². The zero-order valence-corrected chi connectivity index (χ0v) is 9.74. The second kappa shape index (κ2) is 4.75. The molecule has 0 radical (unpaired) electrons. The molecule has 0 spiro atoms. The van der Waals surface area contributed by atoms with Gasteiger partial charge in [-0.1, -0.05) is 12.1 Å². The first-order chi connectivity index (χ1) is 8.11. The molecule has 0 aliphatic heterocycles. The van der Waals surface area contributed by atoms with Crippen molar-refractivity contribution in [3.8, 4) is 0 Å². The third kappa shape index (κ3) is 2.42. The van der Waals surface area contributed by atoms with E-state index in [1.807, 2.05) is 19.1 Å². The van der Waals surface area contributed by atoms with Gasteiger partial charge in [-0.05, 0) is 37.7 Å². The number of hydrogen-bond acceptors (Lipinski definition) is 2. The number of hydrogen-bond donors (Lipinski definition) is 1. The highest BCUT2D eigenvalue weighted by Crippen LogP contribution is 2.23. The molecule has 1 aromatic carbocycles. The van der Waals surface area contributed by atoms with Gasteiger partial charge in [0, 0.05) is 11.1 Å². The highest BCUT2D eigenvalue weighted by atomic mass is 19.3. The third-order valence-corrected chi connectivity index (χ3v) is 2.77. The first kappa shape index (κ1) is 11.9. The lowest BCUT2D eigenvalue weighted by molar-refractivity contribution is 0.102. The Bertz CT molecular complexity index is 526. The summed E-state index contributed by atoms with van der Waals surface area (Å²) in [7, 11) is 1.54.